The summed E-state index contributed by atoms with van der Waals surface area (Å²) in [7, 11) is -5.97. The molecule has 6 heteroatoms. The van der Waals surface area contributed by atoms with Crippen LogP contribution >= 0.6 is 14.4 Å². The highest BCUT2D eigenvalue weighted by molar-refractivity contribution is 7.80. The number of hydrogen-bond acceptors (Lipinski definition) is 3. The third kappa shape index (κ3) is 2.73. The van der Waals surface area contributed by atoms with Gasteiger partial charge in [0, 0.05) is 23.7 Å². The minimum atomic E-state index is -3.10. The summed E-state index contributed by atoms with van der Waals surface area (Å²) in [5.41, 5.74) is 6.00. The molecule has 3 aromatic carbocycles. The first kappa shape index (κ1) is 21.7. The lowest BCUT2D eigenvalue weighted by Gasteiger charge is -2.46. The van der Waals surface area contributed by atoms with Gasteiger partial charge in [0.25, 0.3) is 0 Å². The van der Waals surface area contributed by atoms with Gasteiger partial charge in [-0.15, -0.1) is 0 Å². The minimum Gasteiger partial charge on any atom is -0.314 e. The Kier molecular flexibility index (Phi) is 4.88. The molecule has 2 atom stereocenters. The highest BCUT2D eigenvalue weighted by Gasteiger charge is 2.49. The standard InChI is InChI=1S/C26H30N2O2P2/c1-7-27(8-2)32(30)23-12-10-18(4)14-21(23)28-20-13-17(3)9-11-22(20)31(6,29)24-15-19(5)16-25(32)26(24)28/h9-16H,7-8H2,1-6H3. The van der Waals surface area contributed by atoms with Gasteiger partial charge in [-0.1, -0.05) is 26.0 Å². The molecule has 0 radical (unpaired) electrons. The second-order valence-corrected chi connectivity index (χ2v) is 14.6. The molecular weight excluding hydrogens is 434 g/mol. The van der Waals surface area contributed by atoms with Crippen LogP contribution in [0.2, 0.25) is 0 Å². The molecule has 0 amide bonds. The maximum atomic E-state index is 15.1. The van der Waals surface area contributed by atoms with Crippen molar-refractivity contribution in [3.8, 4) is 0 Å². The van der Waals surface area contributed by atoms with Crippen molar-refractivity contribution in [2.24, 2.45) is 0 Å². The summed E-state index contributed by atoms with van der Waals surface area (Å²) in [6.45, 7) is 13.5. The Hall–Kier alpha value is -2.12. The number of hydrogen-bond donors (Lipinski definition) is 0. The van der Waals surface area contributed by atoms with Gasteiger partial charge in [-0.3, -0.25) is 4.57 Å². The SMILES string of the molecule is CCN(CC)P1(=O)c2ccc(C)cc2N2c3cc(C)ccc3P(C)(=O)c3cc(C)cc1c32. The van der Waals surface area contributed by atoms with Crippen LogP contribution in [0.1, 0.15) is 30.5 Å². The van der Waals surface area contributed by atoms with Crippen molar-refractivity contribution in [1.82, 2.24) is 4.67 Å². The molecule has 5 rings (SSSR count). The molecule has 166 valence electrons. The van der Waals surface area contributed by atoms with Gasteiger partial charge in [0.2, 0.25) is 7.29 Å². The van der Waals surface area contributed by atoms with Gasteiger partial charge in [-0.2, -0.15) is 0 Å². The largest absolute Gasteiger partial charge is 0.314 e. The third-order valence-electron chi connectivity index (χ3n) is 6.88. The number of aryl methyl sites for hydroxylation is 3. The summed E-state index contributed by atoms with van der Waals surface area (Å²) in [5.74, 6) is 0. The highest BCUT2D eigenvalue weighted by atomic mass is 31.2. The minimum absolute atomic E-state index is 0.684. The zero-order chi connectivity index (χ0) is 23.0. The zero-order valence-electron chi connectivity index (χ0n) is 19.6. The zero-order valence-corrected chi connectivity index (χ0v) is 21.4. The lowest BCUT2D eigenvalue weighted by atomic mass is 10.1. The topological polar surface area (TPSA) is 40.6 Å². The average Bonchev–Trinajstić information content (AvgIpc) is 2.74. The predicted octanol–water partition coefficient (Wildman–Crippen LogP) is 5.22. The van der Waals surface area contributed by atoms with E-state index in [1.54, 1.807) is 0 Å². The van der Waals surface area contributed by atoms with Gasteiger partial charge in [-0.25, -0.2) is 4.67 Å². The maximum absolute atomic E-state index is 15.1. The smallest absolute Gasteiger partial charge is 0.211 e. The summed E-state index contributed by atoms with van der Waals surface area (Å²) >= 11 is 0. The molecule has 3 aromatic rings. The lowest BCUT2D eigenvalue weighted by Crippen LogP contribution is -2.46. The molecule has 0 fully saturated rings. The first-order valence-electron chi connectivity index (χ1n) is 11.3. The molecule has 0 N–H and O–H groups in total. The molecule has 0 aliphatic carbocycles. The second-order valence-electron chi connectivity index (χ2n) is 9.11. The fourth-order valence-electron chi connectivity index (χ4n) is 5.33. The van der Waals surface area contributed by atoms with Crippen LogP contribution in [0.4, 0.5) is 17.1 Å². The third-order valence-corrected chi connectivity index (χ3v) is 12.8. The van der Waals surface area contributed by atoms with Crippen LogP contribution in [0.15, 0.2) is 48.5 Å². The van der Waals surface area contributed by atoms with Gasteiger partial charge in [0.1, 0.15) is 7.14 Å². The Bertz CT molecular complexity index is 1370. The Morgan fingerprint density at radius 2 is 1.25 bits per heavy atom. The van der Waals surface area contributed by atoms with E-state index in [9.17, 15) is 4.57 Å². The van der Waals surface area contributed by atoms with Crippen molar-refractivity contribution < 1.29 is 9.13 Å². The summed E-state index contributed by atoms with van der Waals surface area (Å²) in [6.07, 6.45) is 0. The number of rotatable bonds is 3. The Morgan fingerprint density at radius 3 is 1.84 bits per heavy atom. The molecule has 0 spiro atoms. The number of fused-ring (bicyclic) bond motifs is 4. The van der Waals surface area contributed by atoms with Crippen molar-refractivity contribution in [2.75, 3.05) is 24.7 Å². The normalized spacial score (nSPS) is 23.0. The van der Waals surface area contributed by atoms with Crippen molar-refractivity contribution in [3.63, 3.8) is 0 Å². The van der Waals surface area contributed by atoms with Gasteiger partial charge in [0.05, 0.1) is 27.7 Å². The van der Waals surface area contributed by atoms with E-state index in [0.717, 1.165) is 55.0 Å². The summed E-state index contributed by atoms with van der Waals surface area (Å²) in [6, 6.07) is 16.5. The number of nitrogens with zero attached hydrogens (tertiary/aromatic N) is 2. The first-order valence-corrected chi connectivity index (χ1v) is 15.1. The molecule has 2 heterocycles. The van der Waals surface area contributed by atoms with Gasteiger partial charge < -0.3 is 9.46 Å². The summed E-state index contributed by atoms with van der Waals surface area (Å²) in [4.78, 5) is 2.23. The second kappa shape index (κ2) is 7.19. The molecule has 0 saturated carbocycles. The summed E-state index contributed by atoms with van der Waals surface area (Å²) in [5, 5.41) is 3.39. The van der Waals surface area contributed by atoms with E-state index in [1.165, 1.54) is 0 Å². The molecule has 0 aromatic heterocycles. The highest BCUT2D eigenvalue weighted by Crippen LogP contribution is 2.61. The van der Waals surface area contributed by atoms with E-state index in [0.29, 0.717) is 13.1 Å². The lowest BCUT2D eigenvalue weighted by molar-refractivity contribution is 0.458. The molecule has 2 aliphatic heterocycles. The maximum Gasteiger partial charge on any atom is 0.211 e. The average molecular weight is 464 g/mol. The van der Waals surface area contributed by atoms with Crippen LogP contribution in [0.25, 0.3) is 0 Å². The van der Waals surface area contributed by atoms with E-state index >= 15 is 4.57 Å². The van der Waals surface area contributed by atoms with E-state index in [-0.39, 0.29) is 0 Å². The van der Waals surface area contributed by atoms with Crippen molar-refractivity contribution in [3.05, 3.63) is 65.2 Å². The number of benzene rings is 3. The number of anilines is 3. The van der Waals surface area contributed by atoms with E-state index in [4.69, 9.17) is 0 Å². The van der Waals surface area contributed by atoms with E-state index < -0.39 is 14.4 Å². The van der Waals surface area contributed by atoms with Crippen molar-refractivity contribution in [1.29, 1.82) is 0 Å². The van der Waals surface area contributed by atoms with Crippen LogP contribution < -0.4 is 26.1 Å². The van der Waals surface area contributed by atoms with Gasteiger partial charge in [-0.05, 0) is 80.5 Å². The van der Waals surface area contributed by atoms with Crippen molar-refractivity contribution in [2.45, 2.75) is 34.6 Å². The molecule has 32 heavy (non-hydrogen) atoms. The molecule has 0 bridgehead atoms. The Balaban J connectivity index is 2.00. The van der Waals surface area contributed by atoms with Crippen LogP contribution in [0.5, 0.6) is 0 Å². The first-order chi connectivity index (χ1) is 15.1. The van der Waals surface area contributed by atoms with Crippen LogP contribution in [0, 0.1) is 20.8 Å². The Labute approximate surface area is 191 Å². The van der Waals surface area contributed by atoms with Crippen LogP contribution in [0.3, 0.4) is 0 Å². The van der Waals surface area contributed by atoms with Crippen molar-refractivity contribution >= 4 is 52.7 Å². The predicted molar refractivity (Wildman–Crippen MR) is 138 cm³/mol. The fraction of sp³-hybridized carbons (Fsp3) is 0.308. The van der Waals surface area contributed by atoms with Crippen LogP contribution in [-0.4, -0.2) is 24.4 Å². The summed E-state index contributed by atoms with van der Waals surface area (Å²) < 4.78 is 31.6. The molecule has 4 nitrogen and oxygen atoms in total. The Morgan fingerprint density at radius 1 is 0.719 bits per heavy atom. The molecular formula is C26H30N2O2P2. The monoisotopic (exact) mass is 464 g/mol. The molecule has 2 unspecified atom stereocenters. The van der Waals surface area contributed by atoms with Gasteiger partial charge in [0.15, 0.2) is 0 Å². The quantitative estimate of drug-likeness (QED) is 0.498. The van der Waals surface area contributed by atoms with E-state index in [2.05, 4.69) is 61.5 Å². The molecule has 2 aliphatic rings. The van der Waals surface area contributed by atoms with Crippen LogP contribution in [-0.2, 0) is 9.13 Å². The van der Waals surface area contributed by atoms with E-state index in [1.807, 2.05) is 37.9 Å². The van der Waals surface area contributed by atoms with Gasteiger partial charge >= 0.3 is 0 Å². The fourth-order valence-corrected chi connectivity index (χ4v) is 11.0. The molecule has 0 saturated heterocycles.